The molecule has 4 rings (SSSR count). The topological polar surface area (TPSA) is 132 Å². The molecule has 31 heavy (non-hydrogen) atoms. The summed E-state index contributed by atoms with van der Waals surface area (Å²) in [5.74, 6) is 5.01. The molecular weight excluding hydrogens is 421 g/mol. The molecule has 2 aromatic heterocycles. The maximum Gasteiger partial charge on any atom is 0.187 e. The predicted octanol–water partition coefficient (Wildman–Crippen LogP) is 3.65. The Morgan fingerprint density at radius 1 is 1.19 bits per heavy atom. The van der Waals surface area contributed by atoms with Crippen LogP contribution < -0.4 is 16.9 Å². The van der Waals surface area contributed by atoms with E-state index in [1.165, 1.54) is 18.2 Å². The largest absolute Gasteiger partial charge is 0.383 e. The van der Waals surface area contributed by atoms with Crippen LogP contribution >= 0.6 is 11.6 Å². The van der Waals surface area contributed by atoms with E-state index >= 15 is 0 Å². The number of amidine groups is 1. The van der Waals surface area contributed by atoms with Crippen molar-refractivity contribution in [3.8, 4) is 11.1 Å². The first-order chi connectivity index (χ1) is 15.0. The second kappa shape index (κ2) is 9.19. The molecule has 1 aliphatic rings. The van der Waals surface area contributed by atoms with Gasteiger partial charge in [0.1, 0.15) is 11.6 Å². The highest BCUT2D eigenvalue weighted by atomic mass is 35.5. The lowest BCUT2D eigenvalue weighted by Gasteiger charge is -2.22. The van der Waals surface area contributed by atoms with Crippen LogP contribution in [0.4, 0.5) is 15.9 Å². The van der Waals surface area contributed by atoms with E-state index in [0.29, 0.717) is 11.6 Å². The molecule has 5 N–H and O–H groups in total. The summed E-state index contributed by atoms with van der Waals surface area (Å²) in [4.78, 5) is 8.57. The molecule has 3 heterocycles. The fraction of sp³-hybridized carbons (Fsp3) is 0.250. The number of halogens is 2. The average molecular weight is 442 g/mol. The number of nitrogens with one attached hydrogen (secondary N) is 1. The number of pyridine rings is 1. The van der Waals surface area contributed by atoms with Crippen LogP contribution in [0.25, 0.3) is 11.1 Å². The molecule has 1 aromatic carbocycles. The minimum atomic E-state index is -0.489. The highest BCUT2D eigenvalue weighted by Gasteiger charge is 2.17. The minimum absolute atomic E-state index is 0.0626. The van der Waals surface area contributed by atoms with Crippen LogP contribution in [0.1, 0.15) is 24.4 Å². The van der Waals surface area contributed by atoms with Crippen LogP contribution in [0.2, 0.25) is 5.02 Å². The summed E-state index contributed by atoms with van der Waals surface area (Å²) in [5.41, 5.74) is 8.29. The Labute approximate surface area is 183 Å². The van der Waals surface area contributed by atoms with Gasteiger partial charge in [0.2, 0.25) is 0 Å². The van der Waals surface area contributed by atoms with Crippen LogP contribution in [0.5, 0.6) is 0 Å². The van der Waals surface area contributed by atoms with Gasteiger partial charge in [-0.05, 0) is 44.1 Å². The first kappa shape index (κ1) is 20.9. The van der Waals surface area contributed by atoms with E-state index in [0.717, 1.165) is 37.1 Å². The summed E-state index contributed by atoms with van der Waals surface area (Å²) >= 11 is 6.13. The lowest BCUT2D eigenvalue weighted by molar-refractivity contribution is 0.343. The summed E-state index contributed by atoms with van der Waals surface area (Å²) in [5, 5.41) is 15.3. The zero-order valence-corrected chi connectivity index (χ0v) is 17.3. The normalized spacial score (nSPS) is 15.6. The third-order valence-corrected chi connectivity index (χ3v) is 5.38. The maximum absolute atomic E-state index is 13.6. The Balaban J connectivity index is 1.71. The second-order valence-corrected chi connectivity index (χ2v) is 7.50. The lowest BCUT2D eigenvalue weighted by Crippen LogP contribution is -2.29. The summed E-state index contributed by atoms with van der Waals surface area (Å²) in [7, 11) is 0. The first-order valence-electron chi connectivity index (χ1n) is 9.71. The number of benzene rings is 1. The number of rotatable bonds is 4. The van der Waals surface area contributed by atoms with Gasteiger partial charge in [0.25, 0.3) is 0 Å². The van der Waals surface area contributed by atoms with E-state index in [-0.39, 0.29) is 22.4 Å². The van der Waals surface area contributed by atoms with E-state index < -0.39 is 5.82 Å². The molecule has 1 saturated heterocycles. The number of anilines is 1. The highest BCUT2D eigenvalue weighted by Crippen LogP contribution is 2.29. The Morgan fingerprint density at radius 2 is 2.00 bits per heavy atom. The summed E-state index contributed by atoms with van der Waals surface area (Å²) < 4.78 is 15.6. The highest BCUT2D eigenvalue weighted by molar-refractivity contribution is 6.33. The maximum atomic E-state index is 13.6. The van der Waals surface area contributed by atoms with Gasteiger partial charge in [0.15, 0.2) is 5.84 Å². The van der Waals surface area contributed by atoms with Gasteiger partial charge >= 0.3 is 0 Å². The van der Waals surface area contributed by atoms with Crippen molar-refractivity contribution in [2.45, 2.75) is 18.9 Å². The molecule has 0 unspecified atom stereocenters. The van der Waals surface area contributed by atoms with Gasteiger partial charge in [0, 0.05) is 29.6 Å². The summed E-state index contributed by atoms with van der Waals surface area (Å²) in [6, 6.07) is 5.95. The Morgan fingerprint density at radius 3 is 2.77 bits per heavy atom. The molecule has 9 nitrogen and oxygen atoms in total. The number of aliphatic imine (C=N–C) groups is 1. The number of aromatic nitrogens is 3. The van der Waals surface area contributed by atoms with Crippen molar-refractivity contribution >= 4 is 28.9 Å². The van der Waals surface area contributed by atoms with Crippen molar-refractivity contribution in [3.05, 3.63) is 59.3 Å². The van der Waals surface area contributed by atoms with E-state index in [1.807, 2.05) is 10.9 Å². The minimum Gasteiger partial charge on any atom is -0.383 e. The number of nitrogen functional groups attached to an aromatic ring is 1. The molecule has 3 aromatic rings. The number of nitrogens with zero attached hydrogens (tertiary/aromatic N) is 6. The predicted molar refractivity (Wildman–Crippen MR) is 118 cm³/mol. The monoisotopic (exact) mass is 441 g/mol. The molecule has 0 atom stereocenters. The van der Waals surface area contributed by atoms with Crippen molar-refractivity contribution in [2.24, 2.45) is 21.2 Å². The molecule has 11 heteroatoms. The molecule has 0 radical (unpaired) electrons. The van der Waals surface area contributed by atoms with Crippen LogP contribution in [0.15, 0.2) is 58.2 Å². The Hall–Kier alpha value is -3.37. The van der Waals surface area contributed by atoms with Crippen LogP contribution in [-0.2, 0) is 0 Å². The van der Waals surface area contributed by atoms with Gasteiger partial charge in [0.05, 0.1) is 28.5 Å². The average Bonchev–Trinajstić information content (AvgIpc) is 3.27. The van der Waals surface area contributed by atoms with Crippen LogP contribution in [-0.4, -0.2) is 33.7 Å². The smallest absolute Gasteiger partial charge is 0.187 e. The molecule has 0 spiro atoms. The summed E-state index contributed by atoms with van der Waals surface area (Å²) in [6.07, 6.45) is 7.46. The Kier molecular flexibility index (Phi) is 6.19. The molecule has 0 aliphatic carbocycles. The van der Waals surface area contributed by atoms with Crippen molar-refractivity contribution in [2.75, 3.05) is 18.8 Å². The molecule has 160 valence electrons. The van der Waals surface area contributed by atoms with E-state index in [1.54, 1.807) is 18.5 Å². The third-order valence-electron chi connectivity index (χ3n) is 5.06. The second-order valence-electron chi connectivity index (χ2n) is 7.09. The van der Waals surface area contributed by atoms with Crippen molar-refractivity contribution < 1.29 is 4.39 Å². The number of nitrogens with two attached hydrogens (primary N) is 2. The molecule has 1 fully saturated rings. The standard InChI is InChI=1S/C20H21ClFN9/c21-17-2-1-14(22)8-18(17)28-20(29-30-24)16-7-12(9-26-19(16)23)13-10-27-31(11-13)15-3-5-25-6-4-15/h1-2,7-11,15,25H,3-6H2,(H2,23,26)(H2,24,28,29). The van der Waals surface area contributed by atoms with Crippen molar-refractivity contribution in [1.82, 2.24) is 20.1 Å². The van der Waals surface area contributed by atoms with Crippen molar-refractivity contribution in [1.29, 1.82) is 0 Å². The van der Waals surface area contributed by atoms with Crippen LogP contribution in [0, 0.1) is 5.82 Å². The molecule has 0 amide bonds. The molecule has 0 bridgehead atoms. The number of piperidine rings is 1. The lowest BCUT2D eigenvalue weighted by atomic mass is 10.1. The van der Waals surface area contributed by atoms with Gasteiger partial charge in [-0.25, -0.2) is 14.4 Å². The van der Waals surface area contributed by atoms with Gasteiger partial charge in [-0.1, -0.05) is 16.8 Å². The van der Waals surface area contributed by atoms with Gasteiger partial charge in [-0.2, -0.15) is 5.10 Å². The van der Waals surface area contributed by atoms with E-state index in [4.69, 9.17) is 23.2 Å². The molecule has 0 saturated carbocycles. The zero-order valence-electron chi connectivity index (χ0n) is 16.5. The number of hydrogen-bond acceptors (Lipinski definition) is 6. The quantitative estimate of drug-likeness (QED) is 0.187. The van der Waals surface area contributed by atoms with Crippen molar-refractivity contribution in [3.63, 3.8) is 0 Å². The van der Waals surface area contributed by atoms with E-state index in [2.05, 4.69) is 30.7 Å². The molecule has 1 aliphatic heterocycles. The molecular formula is C20H21ClFN9. The number of hydrogen-bond donors (Lipinski definition) is 3. The van der Waals surface area contributed by atoms with Gasteiger partial charge in [-0.15, -0.1) is 5.11 Å². The van der Waals surface area contributed by atoms with Gasteiger partial charge in [-0.3, -0.25) is 4.68 Å². The third kappa shape index (κ3) is 4.70. The van der Waals surface area contributed by atoms with E-state index in [9.17, 15) is 4.39 Å². The SMILES string of the molecule is NN=NC(=Nc1cc(F)ccc1Cl)c1cc(-c2cnn(C3CCNCC3)c2)cnc1N. The summed E-state index contributed by atoms with van der Waals surface area (Å²) in [6.45, 7) is 1.94. The fourth-order valence-corrected chi connectivity index (χ4v) is 3.61. The van der Waals surface area contributed by atoms with Crippen LogP contribution in [0.3, 0.4) is 0 Å². The zero-order chi connectivity index (χ0) is 21.8. The fourth-order valence-electron chi connectivity index (χ4n) is 3.45. The first-order valence-corrected chi connectivity index (χ1v) is 10.1. The Bertz CT molecular complexity index is 1140. The van der Waals surface area contributed by atoms with Gasteiger partial charge < -0.3 is 16.9 Å².